The number of hydrogen-bond acceptors (Lipinski definition) is 3. The topological polar surface area (TPSA) is 25.8 Å². The number of thiophene rings is 1. The van der Waals surface area contributed by atoms with E-state index < -0.39 is 0 Å². The third-order valence-corrected chi connectivity index (χ3v) is 8.70. The summed E-state index contributed by atoms with van der Waals surface area (Å²) < 4.78 is 2.67. The van der Waals surface area contributed by atoms with Crippen molar-refractivity contribution in [3.05, 3.63) is 157 Å². The molecule has 0 aliphatic carbocycles. The van der Waals surface area contributed by atoms with Crippen molar-refractivity contribution in [1.29, 1.82) is 0 Å². The Morgan fingerprint density at radius 1 is 0.659 bits per heavy atom. The van der Waals surface area contributed by atoms with Gasteiger partial charge in [0.1, 0.15) is 0 Å². The van der Waals surface area contributed by atoms with Crippen LogP contribution in [-0.2, 0) is 20.1 Å². The van der Waals surface area contributed by atoms with Crippen LogP contribution >= 0.6 is 11.3 Å². The molecule has 44 heavy (non-hydrogen) atoms. The van der Waals surface area contributed by atoms with Gasteiger partial charge in [0, 0.05) is 46.5 Å². The number of aromatic nitrogens is 2. The van der Waals surface area contributed by atoms with Gasteiger partial charge in [-0.25, -0.2) is 0 Å². The van der Waals surface area contributed by atoms with Gasteiger partial charge in [-0.15, -0.1) is 76.1 Å². The van der Waals surface area contributed by atoms with Crippen molar-refractivity contribution in [3.8, 4) is 33.6 Å². The van der Waals surface area contributed by atoms with E-state index in [1.807, 2.05) is 60.0 Å². The van der Waals surface area contributed by atoms with E-state index in [4.69, 9.17) is 4.98 Å². The second-order valence-corrected chi connectivity index (χ2v) is 11.7. The Labute approximate surface area is 275 Å². The van der Waals surface area contributed by atoms with Crippen LogP contribution in [0.4, 0.5) is 0 Å². The van der Waals surface area contributed by atoms with Crippen molar-refractivity contribution in [2.24, 2.45) is 0 Å². The first-order valence-electron chi connectivity index (χ1n) is 14.3. The summed E-state index contributed by atoms with van der Waals surface area (Å²) in [7, 11) is 0. The van der Waals surface area contributed by atoms with Crippen molar-refractivity contribution in [2.45, 2.75) is 13.8 Å². The summed E-state index contributed by atoms with van der Waals surface area (Å²) in [5.74, 6) is 0. The molecule has 3 aromatic heterocycles. The molecule has 0 N–H and O–H groups in total. The summed E-state index contributed by atoms with van der Waals surface area (Å²) in [6.45, 7) is 4.17. The number of rotatable bonds is 3. The molecule has 0 saturated heterocycles. The van der Waals surface area contributed by atoms with Crippen LogP contribution < -0.4 is 0 Å². The van der Waals surface area contributed by atoms with Crippen LogP contribution in [-0.4, -0.2) is 9.97 Å². The zero-order valence-corrected chi connectivity index (χ0v) is 27.5. The van der Waals surface area contributed by atoms with Gasteiger partial charge < -0.3 is 4.98 Å². The standard InChI is InChI=1S/C23H14NS.C17H14N.Ir/c1-2-13-22-19(9-1)20-11-6-10-18(23(20)25-22)16-7-5-8-17(15-16)21-12-3-4-14-24-21;1-12-9-13(2)11-15(10-12)17-8-7-14-5-3-4-6-16(14)18-17;/h1-7,9-15H;3-10H,1-2H3;/q2*-1;. The Morgan fingerprint density at radius 2 is 1.48 bits per heavy atom. The Kier molecular flexibility index (Phi) is 8.77. The number of pyridine rings is 2. The molecule has 0 spiro atoms. The largest absolute Gasteiger partial charge is 0.305 e. The van der Waals surface area contributed by atoms with E-state index in [1.54, 1.807) is 0 Å². The Morgan fingerprint density at radius 3 is 2.34 bits per heavy atom. The summed E-state index contributed by atoms with van der Waals surface area (Å²) in [5, 5.41) is 3.83. The minimum Gasteiger partial charge on any atom is -0.305 e. The van der Waals surface area contributed by atoms with E-state index in [0.717, 1.165) is 33.6 Å². The third-order valence-electron chi connectivity index (χ3n) is 7.48. The van der Waals surface area contributed by atoms with Gasteiger partial charge >= 0.3 is 0 Å². The van der Waals surface area contributed by atoms with E-state index >= 15 is 0 Å². The molecule has 0 aliphatic rings. The first-order chi connectivity index (χ1) is 21.1. The van der Waals surface area contributed by atoms with Crippen molar-refractivity contribution < 1.29 is 20.1 Å². The number of benzene rings is 5. The smallest absolute Gasteiger partial charge is 0.0595 e. The fourth-order valence-electron chi connectivity index (χ4n) is 5.53. The summed E-state index contributed by atoms with van der Waals surface area (Å²) >= 11 is 1.86. The molecule has 2 nitrogen and oxygen atoms in total. The van der Waals surface area contributed by atoms with Crippen molar-refractivity contribution in [3.63, 3.8) is 0 Å². The van der Waals surface area contributed by atoms with E-state index in [1.165, 1.54) is 42.2 Å². The first kappa shape index (κ1) is 29.6. The number of fused-ring (bicyclic) bond motifs is 4. The molecule has 0 atom stereocenters. The quantitative estimate of drug-likeness (QED) is 0.168. The Hall–Kier alpha value is -4.47. The summed E-state index contributed by atoms with van der Waals surface area (Å²) in [6, 6.07) is 50.7. The van der Waals surface area contributed by atoms with Crippen LogP contribution in [0.5, 0.6) is 0 Å². The van der Waals surface area contributed by atoms with Crippen molar-refractivity contribution in [1.82, 2.24) is 9.97 Å². The summed E-state index contributed by atoms with van der Waals surface area (Å²) in [6.07, 6.45) is 1.82. The predicted octanol–water partition coefficient (Wildman–Crippen LogP) is 10.9. The van der Waals surface area contributed by atoms with Gasteiger partial charge in [-0.3, -0.25) is 4.98 Å². The van der Waals surface area contributed by atoms with E-state index in [9.17, 15) is 0 Å². The van der Waals surface area contributed by atoms with Gasteiger partial charge in [0.05, 0.1) is 5.52 Å². The molecule has 0 unspecified atom stereocenters. The summed E-state index contributed by atoms with van der Waals surface area (Å²) in [5.41, 5.74) is 9.93. The van der Waals surface area contributed by atoms with Crippen LogP contribution in [0.25, 0.3) is 64.7 Å². The SMILES string of the molecule is Cc1[c-]c(-c2ccc3ccccc3n2)cc(C)c1.[Ir].[c-]1ccc(-c2cccc3c2sc2ccccc23)cc1-c1ccccn1. The molecular weight excluding hydrogens is 733 g/mol. The van der Waals surface area contributed by atoms with Crippen LogP contribution in [0.2, 0.25) is 0 Å². The maximum Gasteiger partial charge on any atom is 0.0595 e. The molecule has 1 radical (unpaired) electrons. The minimum absolute atomic E-state index is 0. The zero-order chi connectivity index (χ0) is 29.2. The molecule has 0 amide bonds. The average Bonchev–Trinajstić information content (AvgIpc) is 3.44. The molecule has 8 aromatic rings. The van der Waals surface area contributed by atoms with Crippen molar-refractivity contribution in [2.75, 3.05) is 0 Å². The van der Waals surface area contributed by atoms with Crippen molar-refractivity contribution >= 4 is 42.4 Å². The van der Waals surface area contributed by atoms with Gasteiger partial charge in [-0.2, -0.15) is 0 Å². The second kappa shape index (κ2) is 13.0. The molecule has 0 bridgehead atoms. The molecule has 0 aliphatic heterocycles. The molecule has 215 valence electrons. The van der Waals surface area contributed by atoms with Crippen LogP contribution in [0.15, 0.2) is 134 Å². The van der Waals surface area contributed by atoms with Crippen LogP contribution in [0, 0.1) is 26.0 Å². The fraction of sp³-hybridized carbons (Fsp3) is 0.0500. The Bertz CT molecular complexity index is 2200. The van der Waals surface area contributed by atoms with E-state index in [0.29, 0.717) is 0 Å². The number of aryl methyl sites for hydroxylation is 2. The maximum atomic E-state index is 4.70. The number of hydrogen-bond donors (Lipinski definition) is 0. The second-order valence-electron chi connectivity index (χ2n) is 10.6. The van der Waals surface area contributed by atoms with Gasteiger partial charge in [0.2, 0.25) is 0 Å². The maximum absolute atomic E-state index is 4.70. The molecule has 0 fully saturated rings. The molecular formula is C40H28IrN2S-2. The molecule has 5 aromatic carbocycles. The van der Waals surface area contributed by atoms with Crippen LogP contribution in [0.3, 0.4) is 0 Å². The van der Waals surface area contributed by atoms with Gasteiger partial charge in [0.15, 0.2) is 0 Å². The molecule has 8 rings (SSSR count). The zero-order valence-electron chi connectivity index (χ0n) is 24.3. The minimum atomic E-state index is 0. The Balaban J connectivity index is 0.000000161. The number of nitrogens with zero attached hydrogens (tertiary/aromatic N) is 2. The molecule has 3 heterocycles. The number of para-hydroxylation sites is 1. The summed E-state index contributed by atoms with van der Waals surface area (Å²) in [4.78, 5) is 9.15. The fourth-order valence-corrected chi connectivity index (χ4v) is 6.77. The molecule has 0 saturated carbocycles. The van der Waals surface area contributed by atoms with E-state index in [-0.39, 0.29) is 20.1 Å². The van der Waals surface area contributed by atoms with E-state index in [2.05, 4.69) is 116 Å². The van der Waals surface area contributed by atoms with Gasteiger partial charge in [0.25, 0.3) is 0 Å². The monoisotopic (exact) mass is 761 g/mol. The van der Waals surface area contributed by atoms with Crippen LogP contribution in [0.1, 0.15) is 11.1 Å². The average molecular weight is 761 g/mol. The van der Waals surface area contributed by atoms with Gasteiger partial charge in [-0.05, 0) is 40.5 Å². The van der Waals surface area contributed by atoms with Gasteiger partial charge in [-0.1, -0.05) is 98.3 Å². The predicted molar refractivity (Wildman–Crippen MR) is 182 cm³/mol. The third kappa shape index (κ3) is 6.11. The first-order valence-corrected chi connectivity index (χ1v) is 15.1. The molecule has 4 heteroatoms. The normalized spacial score (nSPS) is 10.8.